The smallest absolute Gasteiger partial charge is 0.319 e. The maximum Gasteiger partial charge on any atom is 0.319 e. The van der Waals surface area contributed by atoms with Crippen molar-refractivity contribution < 1.29 is 23.4 Å². The van der Waals surface area contributed by atoms with Gasteiger partial charge in [0.15, 0.2) is 0 Å². The molecule has 2 aromatic carbocycles. The number of nitrogens with zero attached hydrogens (tertiary/aromatic N) is 5. The van der Waals surface area contributed by atoms with Gasteiger partial charge in [0.25, 0.3) is 0 Å². The van der Waals surface area contributed by atoms with Crippen LogP contribution in [0.4, 0.5) is 14.6 Å². The van der Waals surface area contributed by atoms with Gasteiger partial charge in [-0.1, -0.05) is 12.1 Å². The highest BCUT2D eigenvalue weighted by Gasteiger charge is 2.49. The molecule has 4 aromatic rings. The molecule has 0 amide bonds. The minimum Gasteiger partial charge on any atom is -0.508 e. The summed E-state index contributed by atoms with van der Waals surface area (Å²) >= 11 is 0. The molecular weight excluding hydrogens is 554 g/mol. The molecule has 0 aliphatic carbocycles. The zero-order valence-electron chi connectivity index (χ0n) is 23.6. The fourth-order valence-electron chi connectivity index (χ4n) is 8.31. The number of hydrogen-bond acceptors (Lipinski definition) is 9. The van der Waals surface area contributed by atoms with Crippen molar-refractivity contribution in [2.24, 2.45) is 0 Å². The summed E-state index contributed by atoms with van der Waals surface area (Å²) in [5, 5.41) is 15.9. The van der Waals surface area contributed by atoms with Gasteiger partial charge in [-0.05, 0) is 61.9 Å². The van der Waals surface area contributed by atoms with Crippen molar-refractivity contribution in [1.29, 1.82) is 0 Å². The number of nitrogens with one attached hydrogen (secondary N) is 1. The summed E-state index contributed by atoms with van der Waals surface area (Å²) in [7, 11) is 0. The number of hydrogen-bond donors (Lipinski definition) is 2. The fourth-order valence-corrected chi connectivity index (χ4v) is 8.31. The van der Waals surface area contributed by atoms with Gasteiger partial charge in [-0.15, -0.1) is 0 Å². The number of benzene rings is 2. The lowest BCUT2D eigenvalue weighted by Crippen LogP contribution is -2.60. The van der Waals surface area contributed by atoms with Crippen molar-refractivity contribution in [1.82, 2.24) is 25.2 Å². The number of phenolic OH excluding ortho intramolecular Hbond substituents is 1. The van der Waals surface area contributed by atoms with Gasteiger partial charge in [0.1, 0.15) is 42.2 Å². The molecule has 43 heavy (non-hydrogen) atoms. The van der Waals surface area contributed by atoms with E-state index in [1.165, 1.54) is 18.2 Å². The molecule has 2 N–H and O–H groups in total. The maximum absolute atomic E-state index is 15.2. The Labute approximate surface area is 246 Å². The second-order valence-corrected chi connectivity index (χ2v) is 12.8. The molecule has 2 bridgehead atoms. The van der Waals surface area contributed by atoms with Crippen LogP contribution in [0.3, 0.4) is 0 Å². The third-order valence-corrected chi connectivity index (χ3v) is 10.2. The molecule has 9 rings (SSSR count). The van der Waals surface area contributed by atoms with Gasteiger partial charge >= 0.3 is 6.01 Å². The molecular formula is C32H32F2N6O3. The van der Waals surface area contributed by atoms with Crippen LogP contribution >= 0.6 is 0 Å². The van der Waals surface area contributed by atoms with Crippen LogP contribution in [-0.2, 0) is 0 Å². The molecule has 0 saturated carbocycles. The van der Waals surface area contributed by atoms with Gasteiger partial charge in [-0.3, -0.25) is 4.90 Å². The molecule has 5 aliphatic heterocycles. The van der Waals surface area contributed by atoms with Crippen LogP contribution in [0.25, 0.3) is 32.9 Å². The first-order valence-electron chi connectivity index (χ1n) is 15.3. The molecule has 11 heteroatoms. The van der Waals surface area contributed by atoms with E-state index >= 15 is 4.39 Å². The topological polar surface area (TPSA) is 95.9 Å². The number of halogens is 2. The van der Waals surface area contributed by atoms with Crippen LogP contribution in [0.2, 0.25) is 0 Å². The Bertz CT molecular complexity index is 1790. The maximum atomic E-state index is 15.2. The van der Waals surface area contributed by atoms with E-state index in [1.807, 2.05) is 0 Å². The number of aromatic hydroxyl groups is 1. The first kappa shape index (κ1) is 25.6. The summed E-state index contributed by atoms with van der Waals surface area (Å²) < 4.78 is 42.4. The van der Waals surface area contributed by atoms with Crippen molar-refractivity contribution in [2.45, 2.75) is 61.9 Å². The number of pyridine rings is 1. The Balaban J connectivity index is 1.20. The highest BCUT2D eigenvalue weighted by molar-refractivity contribution is 6.01. The molecule has 4 fully saturated rings. The predicted octanol–water partition coefficient (Wildman–Crippen LogP) is 4.35. The predicted molar refractivity (Wildman–Crippen MR) is 157 cm³/mol. The van der Waals surface area contributed by atoms with Crippen LogP contribution in [0.5, 0.6) is 17.6 Å². The van der Waals surface area contributed by atoms with Crippen LogP contribution in [0.15, 0.2) is 36.4 Å². The minimum absolute atomic E-state index is 0.0107. The summed E-state index contributed by atoms with van der Waals surface area (Å²) in [5.41, 5.74) is 1.11. The van der Waals surface area contributed by atoms with Gasteiger partial charge in [0.05, 0.1) is 22.8 Å². The lowest BCUT2D eigenvalue weighted by Gasteiger charge is -2.40. The van der Waals surface area contributed by atoms with E-state index in [1.54, 1.807) is 18.2 Å². The Morgan fingerprint density at radius 3 is 2.98 bits per heavy atom. The SMILES string of the molecule is Oc1cc(-c2cc3nc(OC[C@@]45CCCN4C[C@@H](F)C5)nc4c3c(n2)OC[C@@H]2[C@@H]3CC[C@@H](CN42)N3)c2c(F)cccc2c1. The van der Waals surface area contributed by atoms with Gasteiger partial charge < -0.3 is 24.8 Å². The average molecular weight is 587 g/mol. The summed E-state index contributed by atoms with van der Waals surface area (Å²) in [6, 6.07) is 10.5. The number of ether oxygens (including phenoxy) is 2. The van der Waals surface area contributed by atoms with Gasteiger partial charge in [0, 0.05) is 42.5 Å². The van der Waals surface area contributed by atoms with E-state index < -0.39 is 12.0 Å². The number of phenols is 1. The van der Waals surface area contributed by atoms with Gasteiger partial charge in [-0.2, -0.15) is 9.97 Å². The number of piperazine rings is 1. The zero-order valence-corrected chi connectivity index (χ0v) is 23.6. The highest BCUT2D eigenvalue weighted by atomic mass is 19.1. The monoisotopic (exact) mass is 586 g/mol. The summed E-state index contributed by atoms with van der Waals surface area (Å²) in [6.45, 7) is 2.83. The lowest BCUT2D eigenvalue weighted by molar-refractivity contribution is 0.107. The van der Waals surface area contributed by atoms with Crippen LogP contribution in [0.1, 0.15) is 32.1 Å². The molecule has 4 saturated heterocycles. The Morgan fingerprint density at radius 1 is 1.12 bits per heavy atom. The molecule has 9 nitrogen and oxygen atoms in total. The van der Waals surface area contributed by atoms with Gasteiger partial charge in [0.2, 0.25) is 5.88 Å². The quantitative estimate of drug-likeness (QED) is 0.362. The van der Waals surface area contributed by atoms with Gasteiger partial charge in [-0.25, -0.2) is 13.8 Å². The van der Waals surface area contributed by atoms with E-state index in [9.17, 15) is 9.50 Å². The summed E-state index contributed by atoms with van der Waals surface area (Å²) in [6.07, 6.45) is 3.67. The Hall–Kier alpha value is -3.83. The van der Waals surface area contributed by atoms with Crippen molar-refractivity contribution in [2.75, 3.05) is 37.7 Å². The highest BCUT2D eigenvalue weighted by Crippen LogP contribution is 2.44. The van der Waals surface area contributed by atoms with Crippen molar-refractivity contribution in [3.05, 3.63) is 42.2 Å². The lowest BCUT2D eigenvalue weighted by atomic mass is 9.95. The summed E-state index contributed by atoms with van der Waals surface area (Å²) in [4.78, 5) is 19.2. The minimum atomic E-state index is -0.853. The normalized spacial score (nSPS) is 29.5. The molecule has 2 aromatic heterocycles. The third kappa shape index (κ3) is 3.97. The first-order valence-corrected chi connectivity index (χ1v) is 15.3. The van der Waals surface area contributed by atoms with E-state index in [-0.39, 0.29) is 29.4 Å². The molecule has 5 aliphatic rings. The fraction of sp³-hybridized carbons (Fsp3) is 0.469. The van der Waals surface area contributed by atoms with E-state index in [4.69, 9.17) is 24.4 Å². The number of anilines is 1. The standard InChI is InChI=1S/C32H32F2N6O3/c33-18-12-32(7-2-8-39(32)13-18)16-43-31-37-25-11-24(21-10-20(41)9-17-3-1-4-22(34)27(17)21)36-30-28(25)29(38-31)40-14-19-5-6-23(35-19)26(40)15-42-30/h1,3-4,9-11,18-19,23,26,35,41H,2,5-8,12-16H2/t18-,19-,23-,26+,32-/m0/s1. The Kier molecular flexibility index (Phi) is 5.57. The van der Waals surface area contributed by atoms with E-state index in [0.29, 0.717) is 71.0 Å². The zero-order chi connectivity index (χ0) is 28.9. The second-order valence-electron chi connectivity index (χ2n) is 12.8. The van der Waals surface area contributed by atoms with E-state index in [0.717, 1.165) is 44.6 Å². The van der Waals surface area contributed by atoms with Crippen LogP contribution in [-0.4, -0.2) is 87.6 Å². The molecule has 0 radical (unpaired) electrons. The van der Waals surface area contributed by atoms with Crippen molar-refractivity contribution in [3.8, 4) is 28.9 Å². The Morgan fingerprint density at radius 2 is 2.05 bits per heavy atom. The van der Waals surface area contributed by atoms with Crippen molar-refractivity contribution in [3.63, 3.8) is 0 Å². The molecule has 0 spiro atoms. The third-order valence-electron chi connectivity index (χ3n) is 10.2. The first-order chi connectivity index (χ1) is 20.9. The molecule has 222 valence electrons. The van der Waals surface area contributed by atoms with Crippen molar-refractivity contribution >= 4 is 27.5 Å². The number of rotatable bonds is 4. The second kappa shape index (κ2) is 9.33. The molecule has 5 atom stereocenters. The average Bonchev–Trinajstić information content (AvgIpc) is 3.62. The largest absolute Gasteiger partial charge is 0.508 e. The van der Waals surface area contributed by atoms with Crippen LogP contribution in [0, 0.1) is 5.82 Å². The van der Waals surface area contributed by atoms with Crippen LogP contribution < -0.4 is 19.7 Å². The molecule has 0 unspecified atom stereocenters. The summed E-state index contributed by atoms with van der Waals surface area (Å²) in [5.74, 6) is 0.702. The number of fused-ring (bicyclic) bond motifs is 7. The molecule has 7 heterocycles. The number of aromatic nitrogens is 3. The number of alkyl halides is 1. The van der Waals surface area contributed by atoms with E-state index in [2.05, 4.69) is 15.1 Å².